The molecule has 1 unspecified atom stereocenters. The topological polar surface area (TPSA) is 37.3 Å². The standard InChI is InChI=1S/C24H36O2/c1-4-10-24-11-9-18-19(21(24)7-8-23(24)26)6-5-16-14-22(25)17(12-15(2)3)13-20(16)18/h14,17-21,23,26H,2,4-13H2,1,3H3/t17?,18-,19+,20-,21-,23+,24-/m0/s1. The SMILES string of the molecule is C=C(C)CC1C[C@H]2C(=CC1=O)CC[C@@H]1[C@@H]2CC[C@]2(CCC)[C@H](O)CC[C@@H]12. The zero-order chi connectivity index (χ0) is 18.5. The van der Waals surface area contributed by atoms with Crippen molar-refractivity contribution in [3.8, 4) is 0 Å². The molecule has 0 aromatic heterocycles. The Bertz CT molecular complexity index is 618. The second kappa shape index (κ2) is 6.93. The summed E-state index contributed by atoms with van der Waals surface area (Å²) in [5, 5.41) is 10.8. The van der Waals surface area contributed by atoms with Gasteiger partial charge >= 0.3 is 0 Å². The summed E-state index contributed by atoms with van der Waals surface area (Å²) in [6, 6.07) is 0. The molecule has 0 spiro atoms. The van der Waals surface area contributed by atoms with E-state index in [1.807, 2.05) is 6.08 Å². The van der Waals surface area contributed by atoms with Crippen LogP contribution in [0, 0.1) is 35.0 Å². The average molecular weight is 357 g/mol. The Balaban J connectivity index is 1.59. The number of rotatable bonds is 4. The number of hydrogen-bond donors (Lipinski definition) is 1. The van der Waals surface area contributed by atoms with Crippen molar-refractivity contribution in [3.63, 3.8) is 0 Å². The first-order chi connectivity index (χ1) is 12.5. The van der Waals surface area contributed by atoms with Gasteiger partial charge in [-0.1, -0.05) is 24.5 Å². The number of aliphatic hydroxyl groups is 1. The molecule has 0 heterocycles. The highest BCUT2D eigenvalue weighted by Gasteiger charge is 2.57. The summed E-state index contributed by atoms with van der Waals surface area (Å²) in [5.41, 5.74) is 2.80. The lowest BCUT2D eigenvalue weighted by Crippen LogP contribution is -2.49. The van der Waals surface area contributed by atoms with E-state index in [2.05, 4.69) is 20.4 Å². The van der Waals surface area contributed by atoms with E-state index in [4.69, 9.17) is 0 Å². The Morgan fingerprint density at radius 2 is 2.08 bits per heavy atom. The molecule has 144 valence electrons. The summed E-state index contributed by atoms with van der Waals surface area (Å²) in [6.45, 7) is 8.38. The lowest BCUT2D eigenvalue weighted by atomic mass is 9.50. The Hall–Kier alpha value is -0.890. The van der Waals surface area contributed by atoms with Crippen molar-refractivity contribution < 1.29 is 9.90 Å². The van der Waals surface area contributed by atoms with E-state index in [1.165, 1.54) is 44.1 Å². The number of aliphatic hydroxyl groups excluding tert-OH is 1. The molecule has 2 nitrogen and oxygen atoms in total. The summed E-state index contributed by atoms with van der Waals surface area (Å²) in [4.78, 5) is 12.6. The van der Waals surface area contributed by atoms with Crippen LogP contribution in [-0.4, -0.2) is 17.0 Å². The van der Waals surface area contributed by atoms with Crippen molar-refractivity contribution in [2.45, 2.75) is 84.2 Å². The molecule has 4 rings (SSSR count). The first-order valence-electron chi connectivity index (χ1n) is 11.0. The highest BCUT2D eigenvalue weighted by molar-refractivity contribution is 5.93. The Morgan fingerprint density at radius 1 is 1.27 bits per heavy atom. The van der Waals surface area contributed by atoms with Gasteiger partial charge in [-0.2, -0.15) is 0 Å². The van der Waals surface area contributed by atoms with E-state index >= 15 is 0 Å². The summed E-state index contributed by atoms with van der Waals surface area (Å²) in [6.07, 6.45) is 13.3. The molecule has 3 fully saturated rings. The summed E-state index contributed by atoms with van der Waals surface area (Å²) < 4.78 is 0. The molecule has 4 aliphatic carbocycles. The predicted molar refractivity (Wildman–Crippen MR) is 106 cm³/mol. The molecule has 4 aliphatic rings. The van der Waals surface area contributed by atoms with Crippen LogP contribution in [0.1, 0.15) is 78.1 Å². The van der Waals surface area contributed by atoms with Crippen LogP contribution in [0.4, 0.5) is 0 Å². The van der Waals surface area contributed by atoms with Gasteiger partial charge in [0.1, 0.15) is 0 Å². The van der Waals surface area contributed by atoms with Crippen LogP contribution >= 0.6 is 0 Å². The summed E-state index contributed by atoms with van der Waals surface area (Å²) >= 11 is 0. The fraction of sp³-hybridized carbons (Fsp3) is 0.792. The van der Waals surface area contributed by atoms with Crippen molar-refractivity contribution in [3.05, 3.63) is 23.8 Å². The van der Waals surface area contributed by atoms with Gasteiger partial charge in [0, 0.05) is 5.92 Å². The van der Waals surface area contributed by atoms with E-state index in [0.29, 0.717) is 11.7 Å². The van der Waals surface area contributed by atoms with Crippen LogP contribution in [0.5, 0.6) is 0 Å². The van der Waals surface area contributed by atoms with Gasteiger partial charge in [0.2, 0.25) is 0 Å². The maximum absolute atomic E-state index is 12.6. The smallest absolute Gasteiger partial charge is 0.159 e. The zero-order valence-corrected chi connectivity index (χ0v) is 16.7. The number of carbonyl (C=O) groups is 1. The Kier molecular flexibility index (Phi) is 4.92. The van der Waals surface area contributed by atoms with Gasteiger partial charge < -0.3 is 5.11 Å². The van der Waals surface area contributed by atoms with Crippen molar-refractivity contribution >= 4 is 5.78 Å². The molecular weight excluding hydrogens is 320 g/mol. The van der Waals surface area contributed by atoms with Crippen LogP contribution in [0.2, 0.25) is 0 Å². The normalized spacial score (nSPS) is 44.7. The van der Waals surface area contributed by atoms with E-state index in [1.54, 1.807) is 0 Å². The van der Waals surface area contributed by atoms with Gasteiger partial charge in [0.15, 0.2) is 5.78 Å². The summed E-state index contributed by atoms with van der Waals surface area (Å²) in [7, 11) is 0. The van der Waals surface area contributed by atoms with E-state index in [9.17, 15) is 9.90 Å². The van der Waals surface area contributed by atoms with Crippen LogP contribution < -0.4 is 0 Å². The van der Waals surface area contributed by atoms with Crippen LogP contribution in [0.3, 0.4) is 0 Å². The van der Waals surface area contributed by atoms with Crippen molar-refractivity contribution in [2.24, 2.45) is 35.0 Å². The molecule has 0 saturated heterocycles. The number of ketones is 1. The molecule has 0 radical (unpaired) electrons. The van der Waals surface area contributed by atoms with E-state index in [0.717, 1.165) is 49.0 Å². The van der Waals surface area contributed by atoms with Crippen LogP contribution in [0.15, 0.2) is 23.8 Å². The monoisotopic (exact) mass is 356 g/mol. The van der Waals surface area contributed by atoms with Crippen LogP contribution in [-0.2, 0) is 4.79 Å². The fourth-order valence-corrected chi connectivity index (χ4v) is 7.58. The van der Waals surface area contributed by atoms with E-state index < -0.39 is 0 Å². The zero-order valence-electron chi connectivity index (χ0n) is 16.7. The molecule has 0 bridgehead atoms. The van der Waals surface area contributed by atoms with Gasteiger partial charge in [0.05, 0.1) is 6.10 Å². The molecule has 0 aromatic carbocycles. The molecule has 0 aromatic rings. The maximum Gasteiger partial charge on any atom is 0.159 e. The third kappa shape index (κ3) is 2.84. The second-order valence-electron chi connectivity index (χ2n) is 9.91. The number of hydrogen-bond acceptors (Lipinski definition) is 2. The molecule has 3 saturated carbocycles. The molecule has 0 aliphatic heterocycles. The third-order valence-corrected chi connectivity index (χ3v) is 8.50. The minimum Gasteiger partial charge on any atom is -0.393 e. The van der Waals surface area contributed by atoms with Gasteiger partial charge in [-0.3, -0.25) is 4.79 Å². The molecular formula is C24H36O2. The lowest BCUT2D eigenvalue weighted by molar-refractivity contribution is -0.120. The van der Waals surface area contributed by atoms with Crippen LogP contribution in [0.25, 0.3) is 0 Å². The quantitative estimate of drug-likeness (QED) is 0.679. The first kappa shape index (κ1) is 18.5. The highest BCUT2D eigenvalue weighted by Crippen LogP contribution is 2.63. The molecule has 26 heavy (non-hydrogen) atoms. The molecule has 7 atom stereocenters. The predicted octanol–water partition coefficient (Wildman–Crippen LogP) is 5.46. The van der Waals surface area contributed by atoms with Gasteiger partial charge in [-0.25, -0.2) is 0 Å². The van der Waals surface area contributed by atoms with Gasteiger partial charge in [-0.05, 0) is 99.9 Å². The molecule has 2 heteroatoms. The van der Waals surface area contributed by atoms with Crippen molar-refractivity contribution in [1.29, 1.82) is 0 Å². The highest BCUT2D eigenvalue weighted by atomic mass is 16.3. The average Bonchev–Trinajstić information content (AvgIpc) is 2.92. The summed E-state index contributed by atoms with van der Waals surface area (Å²) in [5.74, 6) is 3.37. The lowest BCUT2D eigenvalue weighted by Gasteiger charge is -2.55. The van der Waals surface area contributed by atoms with Crippen molar-refractivity contribution in [2.75, 3.05) is 0 Å². The van der Waals surface area contributed by atoms with E-state index in [-0.39, 0.29) is 17.4 Å². The molecule has 0 amide bonds. The number of carbonyl (C=O) groups excluding carboxylic acids is 1. The number of fused-ring (bicyclic) bond motifs is 5. The minimum absolute atomic E-state index is 0.0746. The minimum atomic E-state index is -0.0746. The Morgan fingerprint density at radius 3 is 2.81 bits per heavy atom. The maximum atomic E-state index is 12.6. The number of allylic oxidation sites excluding steroid dienone is 2. The first-order valence-corrected chi connectivity index (χ1v) is 11.0. The fourth-order valence-electron chi connectivity index (χ4n) is 7.58. The second-order valence-corrected chi connectivity index (χ2v) is 9.91. The largest absolute Gasteiger partial charge is 0.393 e. The van der Waals surface area contributed by atoms with Gasteiger partial charge in [0.25, 0.3) is 0 Å². The Labute approximate surface area is 159 Å². The van der Waals surface area contributed by atoms with Gasteiger partial charge in [-0.15, -0.1) is 6.58 Å². The van der Waals surface area contributed by atoms with Crippen molar-refractivity contribution in [1.82, 2.24) is 0 Å². The molecule has 1 N–H and O–H groups in total. The third-order valence-electron chi connectivity index (χ3n) is 8.50.